The molecule has 3 rings (SSSR count). The molecule has 0 amide bonds. The normalized spacial score (nSPS) is 16.0. The smallest absolute Gasteiger partial charge is 0.0875 e. The van der Waals surface area contributed by atoms with Crippen LogP contribution in [0.25, 0.3) is 10.9 Å². The number of ether oxygens (including phenoxy) is 1. The van der Waals surface area contributed by atoms with Gasteiger partial charge in [-0.3, -0.25) is 0 Å². The number of nitrogens with zero attached hydrogens (tertiary/aromatic N) is 1. The van der Waals surface area contributed by atoms with Crippen molar-refractivity contribution < 1.29 is 4.74 Å². The Morgan fingerprint density at radius 1 is 1.31 bits per heavy atom. The van der Waals surface area contributed by atoms with E-state index >= 15 is 0 Å². The average Bonchev–Trinajstić information content (AvgIpc) is 2.56. The van der Waals surface area contributed by atoms with E-state index in [1.807, 2.05) is 6.07 Å². The topological polar surface area (TPSA) is 14.2 Å². The monoisotopic (exact) mass is 172 g/mol. The summed E-state index contributed by atoms with van der Waals surface area (Å²) in [7, 11) is 0. The van der Waals surface area contributed by atoms with Crippen LogP contribution in [0.5, 0.6) is 0 Å². The molecule has 0 atom stereocenters. The number of fused-ring (bicyclic) bond motifs is 3. The molecule has 13 heavy (non-hydrogen) atoms. The zero-order chi connectivity index (χ0) is 8.67. The molecular weight excluding hydrogens is 162 g/mol. The maximum Gasteiger partial charge on any atom is 0.0875 e. The summed E-state index contributed by atoms with van der Waals surface area (Å²) in [6.07, 6.45) is 0. The fraction of sp³-hybridized carbons (Fsp3) is 0.273. The quantitative estimate of drug-likeness (QED) is 0.592. The van der Waals surface area contributed by atoms with Crippen molar-refractivity contribution in [2.24, 2.45) is 0 Å². The third-order valence-electron chi connectivity index (χ3n) is 2.50. The maximum atomic E-state index is 5.37. The van der Waals surface area contributed by atoms with Gasteiger partial charge < -0.3 is 9.30 Å². The molecule has 1 radical (unpaired) electrons. The third-order valence-corrected chi connectivity index (χ3v) is 2.50. The number of hydrogen-bond donors (Lipinski definition) is 0. The zero-order valence-electron chi connectivity index (χ0n) is 7.29. The van der Waals surface area contributed by atoms with Gasteiger partial charge in [0.2, 0.25) is 0 Å². The van der Waals surface area contributed by atoms with Crippen LogP contribution in [0.4, 0.5) is 0 Å². The van der Waals surface area contributed by atoms with Gasteiger partial charge in [-0.25, -0.2) is 0 Å². The van der Waals surface area contributed by atoms with E-state index in [4.69, 9.17) is 4.74 Å². The molecule has 65 valence electrons. The lowest BCUT2D eigenvalue weighted by molar-refractivity contribution is 0.0863. The summed E-state index contributed by atoms with van der Waals surface area (Å²) in [6, 6.07) is 11.7. The third kappa shape index (κ3) is 0.988. The minimum absolute atomic E-state index is 0.703. The van der Waals surface area contributed by atoms with E-state index in [0.717, 1.165) is 13.2 Å². The van der Waals surface area contributed by atoms with E-state index in [1.54, 1.807) is 0 Å². The number of benzene rings is 1. The lowest BCUT2D eigenvalue weighted by atomic mass is 10.2. The largest absolute Gasteiger partial charge is 0.373 e. The Hall–Kier alpha value is -1.28. The SMILES string of the molecule is [c]1c2n(c3ccccc13)CCOC2. The molecule has 1 aromatic heterocycles. The van der Waals surface area contributed by atoms with Gasteiger partial charge in [-0.15, -0.1) is 0 Å². The number of aromatic nitrogens is 1. The molecular formula is C11H10NO. The Kier molecular flexibility index (Phi) is 1.43. The Morgan fingerprint density at radius 3 is 3.23 bits per heavy atom. The maximum absolute atomic E-state index is 5.37. The predicted molar refractivity (Wildman–Crippen MR) is 50.4 cm³/mol. The first-order chi connectivity index (χ1) is 6.45. The number of para-hydroxylation sites is 1. The molecule has 2 nitrogen and oxygen atoms in total. The van der Waals surface area contributed by atoms with E-state index < -0.39 is 0 Å². The standard InChI is InChI=1S/C11H10NO/c1-2-4-11-9(3-1)7-10-8-13-6-5-12(10)11/h1-4H,5-6,8H2. The second-order valence-corrected chi connectivity index (χ2v) is 3.29. The average molecular weight is 172 g/mol. The first-order valence-corrected chi connectivity index (χ1v) is 4.52. The van der Waals surface area contributed by atoms with Crippen molar-refractivity contribution in [3.8, 4) is 0 Å². The summed E-state index contributed by atoms with van der Waals surface area (Å²) in [6.45, 7) is 2.48. The van der Waals surface area contributed by atoms with Crippen LogP contribution in [0.3, 0.4) is 0 Å². The molecule has 0 N–H and O–H groups in total. The molecule has 0 fully saturated rings. The van der Waals surface area contributed by atoms with Gasteiger partial charge in [0.05, 0.1) is 18.9 Å². The van der Waals surface area contributed by atoms with Gasteiger partial charge >= 0.3 is 0 Å². The lowest BCUT2D eigenvalue weighted by Gasteiger charge is -2.16. The Balaban J connectivity index is 2.34. The van der Waals surface area contributed by atoms with E-state index in [-0.39, 0.29) is 0 Å². The van der Waals surface area contributed by atoms with E-state index in [0.29, 0.717) is 6.61 Å². The lowest BCUT2D eigenvalue weighted by Crippen LogP contribution is -2.15. The van der Waals surface area contributed by atoms with E-state index in [2.05, 4.69) is 28.8 Å². The Bertz CT molecular complexity index is 444. The molecule has 0 bridgehead atoms. The number of rotatable bonds is 0. The molecule has 1 aliphatic heterocycles. The van der Waals surface area contributed by atoms with E-state index in [9.17, 15) is 0 Å². The van der Waals surface area contributed by atoms with Crippen LogP contribution in [-0.4, -0.2) is 11.2 Å². The van der Waals surface area contributed by atoms with Crippen molar-refractivity contribution in [3.63, 3.8) is 0 Å². The Labute approximate surface area is 76.7 Å². The summed E-state index contributed by atoms with van der Waals surface area (Å²) in [4.78, 5) is 0. The van der Waals surface area contributed by atoms with Crippen LogP contribution in [0.1, 0.15) is 5.69 Å². The fourth-order valence-corrected chi connectivity index (χ4v) is 1.88. The molecule has 2 heteroatoms. The molecule has 1 aliphatic rings. The zero-order valence-corrected chi connectivity index (χ0v) is 7.29. The highest BCUT2D eigenvalue weighted by Crippen LogP contribution is 2.21. The summed E-state index contributed by atoms with van der Waals surface area (Å²) in [5.74, 6) is 0. The van der Waals surface area contributed by atoms with Crippen LogP contribution >= 0.6 is 0 Å². The first kappa shape index (κ1) is 7.15. The van der Waals surface area contributed by atoms with Crippen molar-refractivity contribution in [2.45, 2.75) is 13.2 Å². The molecule has 0 unspecified atom stereocenters. The molecule has 0 spiro atoms. The number of hydrogen-bond acceptors (Lipinski definition) is 1. The molecule has 0 saturated heterocycles. The van der Waals surface area contributed by atoms with Crippen LogP contribution < -0.4 is 0 Å². The van der Waals surface area contributed by atoms with Gasteiger partial charge in [0, 0.05) is 23.5 Å². The highest BCUT2D eigenvalue weighted by Gasteiger charge is 2.12. The van der Waals surface area contributed by atoms with E-state index in [1.165, 1.54) is 16.6 Å². The van der Waals surface area contributed by atoms with Gasteiger partial charge in [0.25, 0.3) is 0 Å². The van der Waals surface area contributed by atoms with Crippen molar-refractivity contribution in [2.75, 3.05) is 6.61 Å². The molecule has 1 aromatic carbocycles. The fourth-order valence-electron chi connectivity index (χ4n) is 1.88. The first-order valence-electron chi connectivity index (χ1n) is 4.52. The molecule has 2 heterocycles. The Morgan fingerprint density at radius 2 is 2.23 bits per heavy atom. The highest BCUT2D eigenvalue weighted by molar-refractivity contribution is 5.80. The van der Waals surface area contributed by atoms with Gasteiger partial charge in [-0.2, -0.15) is 0 Å². The molecule has 0 saturated carbocycles. The summed E-state index contributed by atoms with van der Waals surface area (Å²) < 4.78 is 7.66. The van der Waals surface area contributed by atoms with Crippen LogP contribution in [-0.2, 0) is 17.9 Å². The van der Waals surface area contributed by atoms with Gasteiger partial charge in [-0.1, -0.05) is 18.2 Å². The highest BCUT2D eigenvalue weighted by atomic mass is 16.5. The molecule has 0 aliphatic carbocycles. The minimum atomic E-state index is 0.703. The predicted octanol–water partition coefficient (Wildman–Crippen LogP) is 1.97. The van der Waals surface area contributed by atoms with Gasteiger partial charge in [-0.05, 0) is 6.07 Å². The van der Waals surface area contributed by atoms with Crippen LogP contribution in [0.2, 0.25) is 0 Å². The second kappa shape index (κ2) is 2.60. The van der Waals surface area contributed by atoms with Crippen molar-refractivity contribution in [1.29, 1.82) is 0 Å². The second-order valence-electron chi connectivity index (χ2n) is 3.29. The van der Waals surface area contributed by atoms with Crippen LogP contribution in [0, 0.1) is 6.07 Å². The minimum Gasteiger partial charge on any atom is -0.373 e. The summed E-state index contributed by atoms with van der Waals surface area (Å²) in [5.41, 5.74) is 2.45. The van der Waals surface area contributed by atoms with Crippen LogP contribution in [0.15, 0.2) is 24.3 Å². The van der Waals surface area contributed by atoms with Crippen molar-refractivity contribution in [1.82, 2.24) is 4.57 Å². The van der Waals surface area contributed by atoms with Gasteiger partial charge in [0.15, 0.2) is 0 Å². The molecule has 2 aromatic rings. The van der Waals surface area contributed by atoms with Crippen molar-refractivity contribution in [3.05, 3.63) is 36.0 Å². The summed E-state index contributed by atoms with van der Waals surface area (Å²) >= 11 is 0. The summed E-state index contributed by atoms with van der Waals surface area (Å²) in [5, 5.41) is 1.20. The van der Waals surface area contributed by atoms with Crippen molar-refractivity contribution >= 4 is 10.9 Å². The van der Waals surface area contributed by atoms with Gasteiger partial charge in [0.1, 0.15) is 0 Å².